The van der Waals surface area contributed by atoms with Crippen LogP contribution in [0, 0.1) is 6.92 Å². The van der Waals surface area contributed by atoms with Gasteiger partial charge in [-0.15, -0.1) is 0 Å². The van der Waals surface area contributed by atoms with E-state index in [4.69, 9.17) is 10.2 Å². The summed E-state index contributed by atoms with van der Waals surface area (Å²) in [5.41, 5.74) is 14.9. The second-order valence-corrected chi connectivity index (χ2v) is 7.84. The second kappa shape index (κ2) is 8.90. The van der Waals surface area contributed by atoms with E-state index in [1.165, 1.54) is 5.56 Å². The molecule has 0 radical (unpaired) electrons. The third-order valence-corrected chi connectivity index (χ3v) is 5.60. The summed E-state index contributed by atoms with van der Waals surface area (Å²) >= 11 is 0. The number of anilines is 2. The summed E-state index contributed by atoms with van der Waals surface area (Å²) in [7, 11) is 0. The molecule has 0 heterocycles. The number of hydrazone groups is 2. The Kier molecular flexibility index (Phi) is 5.50. The predicted octanol–water partition coefficient (Wildman–Crippen LogP) is 6.42. The predicted molar refractivity (Wildman–Crippen MR) is 134 cm³/mol. The van der Waals surface area contributed by atoms with E-state index in [-0.39, 0.29) is 5.92 Å². The van der Waals surface area contributed by atoms with Gasteiger partial charge >= 0.3 is 0 Å². The van der Waals surface area contributed by atoms with Gasteiger partial charge in [-0.25, -0.2) is 0 Å². The van der Waals surface area contributed by atoms with Crippen molar-refractivity contribution in [2.75, 3.05) is 10.9 Å². The first kappa shape index (κ1) is 19.8. The maximum absolute atomic E-state index is 4.88. The number of nitrogens with zero attached hydrogens (tertiary/aromatic N) is 2. The molecular weight excluding hydrogens is 392 g/mol. The monoisotopic (exact) mass is 416 g/mol. The second-order valence-electron chi connectivity index (χ2n) is 7.84. The highest BCUT2D eigenvalue weighted by molar-refractivity contribution is 6.33. The lowest BCUT2D eigenvalue weighted by atomic mass is 9.92. The third-order valence-electron chi connectivity index (χ3n) is 5.60. The minimum Gasteiger partial charge on any atom is -0.278 e. The molecule has 4 aromatic rings. The molecule has 32 heavy (non-hydrogen) atoms. The zero-order valence-electron chi connectivity index (χ0n) is 17.9. The Morgan fingerprint density at radius 1 is 0.531 bits per heavy atom. The summed E-state index contributed by atoms with van der Waals surface area (Å²) in [5.74, 6) is -0.0829. The van der Waals surface area contributed by atoms with E-state index in [1.807, 2.05) is 60.7 Å². The van der Waals surface area contributed by atoms with Crippen molar-refractivity contribution in [1.29, 1.82) is 0 Å². The first-order valence-electron chi connectivity index (χ1n) is 10.7. The number of aryl methyl sites for hydroxylation is 1. The fraction of sp³-hybridized carbons (Fsp3) is 0.0714. The van der Waals surface area contributed by atoms with Gasteiger partial charge in [-0.2, -0.15) is 10.2 Å². The molecular formula is C28H24N4. The highest BCUT2D eigenvalue weighted by atomic mass is 15.3. The van der Waals surface area contributed by atoms with Crippen LogP contribution in [-0.2, 0) is 0 Å². The highest BCUT2D eigenvalue weighted by Crippen LogP contribution is 2.36. The molecule has 2 N–H and O–H groups in total. The van der Waals surface area contributed by atoms with E-state index in [0.717, 1.165) is 39.5 Å². The molecule has 1 aliphatic carbocycles. The standard InChI is InChI=1S/C28H24N4/c1-20-16-18-21(19-17-20)26-27(31-29-22-10-4-2-5-11-22)24-14-8-9-15-25(24)28(26)32-30-23-12-6-3-7-13-23/h2-19,26,29-30H,1H3/b31-27-,32-28+. The minimum atomic E-state index is -0.0829. The Morgan fingerprint density at radius 2 is 0.969 bits per heavy atom. The Labute approximate surface area is 188 Å². The molecule has 0 amide bonds. The summed E-state index contributed by atoms with van der Waals surface area (Å²) in [6, 6.07) is 37.0. The Morgan fingerprint density at radius 3 is 1.44 bits per heavy atom. The molecule has 1 aliphatic rings. The van der Waals surface area contributed by atoms with Gasteiger partial charge in [0.1, 0.15) is 0 Å². The summed E-state index contributed by atoms with van der Waals surface area (Å²) < 4.78 is 0. The van der Waals surface area contributed by atoms with Gasteiger partial charge in [0.05, 0.1) is 28.7 Å². The molecule has 1 atom stereocenters. The van der Waals surface area contributed by atoms with Crippen LogP contribution < -0.4 is 10.9 Å². The summed E-state index contributed by atoms with van der Waals surface area (Å²) in [4.78, 5) is 0. The Balaban J connectivity index is 1.61. The lowest BCUT2D eigenvalue weighted by Gasteiger charge is -2.15. The molecule has 4 heteroatoms. The molecule has 4 nitrogen and oxygen atoms in total. The lowest BCUT2D eigenvalue weighted by Crippen LogP contribution is -2.17. The van der Waals surface area contributed by atoms with Gasteiger partial charge in [0, 0.05) is 11.1 Å². The van der Waals surface area contributed by atoms with Gasteiger partial charge in [-0.1, -0.05) is 90.5 Å². The molecule has 0 aromatic heterocycles. The molecule has 156 valence electrons. The van der Waals surface area contributed by atoms with Gasteiger partial charge in [-0.3, -0.25) is 10.9 Å². The molecule has 0 fully saturated rings. The molecule has 0 saturated carbocycles. The maximum atomic E-state index is 4.88. The van der Waals surface area contributed by atoms with Crippen LogP contribution in [0.1, 0.15) is 28.2 Å². The number of hydrogen-bond donors (Lipinski definition) is 2. The van der Waals surface area contributed by atoms with Crippen LogP contribution in [0.15, 0.2) is 119 Å². The third kappa shape index (κ3) is 4.03. The topological polar surface area (TPSA) is 48.8 Å². The SMILES string of the molecule is Cc1ccc(C2/C(=N/Nc3ccccc3)c3ccccc3/C2=N/Nc2ccccc2)cc1. The number of benzene rings is 4. The number of hydrogen-bond acceptors (Lipinski definition) is 4. The Hall–Kier alpha value is -4.18. The molecule has 0 bridgehead atoms. The number of nitrogens with one attached hydrogen (secondary N) is 2. The normalized spacial score (nSPS) is 17.3. The van der Waals surface area contributed by atoms with Crippen molar-refractivity contribution in [2.24, 2.45) is 10.2 Å². The van der Waals surface area contributed by atoms with Crippen LogP contribution in [0.3, 0.4) is 0 Å². The van der Waals surface area contributed by atoms with E-state index < -0.39 is 0 Å². The van der Waals surface area contributed by atoms with Crippen LogP contribution >= 0.6 is 0 Å². The molecule has 0 spiro atoms. The largest absolute Gasteiger partial charge is 0.278 e. The summed E-state index contributed by atoms with van der Waals surface area (Å²) in [6.45, 7) is 2.10. The minimum absolute atomic E-state index is 0.0829. The van der Waals surface area contributed by atoms with Crippen molar-refractivity contribution >= 4 is 22.8 Å². The molecule has 0 saturated heterocycles. The lowest BCUT2D eigenvalue weighted by molar-refractivity contribution is 1.16. The zero-order valence-corrected chi connectivity index (χ0v) is 17.9. The molecule has 0 aliphatic heterocycles. The number of fused-ring (bicyclic) bond motifs is 1. The van der Waals surface area contributed by atoms with Gasteiger partial charge < -0.3 is 0 Å². The number of rotatable bonds is 5. The van der Waals surface area contributed by atoms with Crippen LogP contribution in [0.4, 0.5) is 11.4 Å². The van der Waals surface area contributed by atoms with Crippen LogP contribution in [0.2, 0.25) is 0 Å². The highest BCUT2D eigenvalue weighted by Gasteiger charge is 2.36. The average Bonchev–Trinajstić information content (AvgIpc) is 3.16. The fourth-order valence-corrected chi connectivity index (χ4v) is 3.97. The van der Waals surface area contributed by atoms with E-state index >= 15 is 0 Å². The van der Waals surface area contributed by atoms with Gasteiger partial charge in [0.15, 0.2) is 0 Å². The van der Waals surface area contributed by atoms with E-state index in [1.54, 1.807) is 0 Å². The van der Waals surface area contributed by atoms with Crippen molar-refractivity contribution in [2.45, 2.75) is 12.8 Å². The summed E-state index contributed by atoms with van der Waals surface area (Å²) in [5, 5.41) is 9.76. The van der Waals surface area contributed by atoms with Gasteiger partial charge in [0.2, 0.25) is 0 Å². The van der Waals surface area contributed by atoms with Gasteiger partial charge in [-0.05, 0) is 36.8 Å². The van der Waals surface area contributed by atoms with Crippen molar-refractivity contribution in [3.8, 4) is 0 Å². The molecule has 1 unspecified atom stereocenters. The van der Waals surface area contributed by atoms with Crippen molar-refractivity contribution < 1.29 is 0 Å². The van der Waals surface area contributed by atoms with E-state index in [2.05, 4.69) is 66.3 Å². The first-order chi connectivity index (χ1) is 15.8. The zero-order chi connectivity index (χ0) is 21.8. The van der Waals surface area contributed by atoms with E-state index in [9.17, 15) is 0 Å². The van der Waals surface area contributed by atoms with Crippen molar-refractivity contribution in [3.05, 3.63) is 131 Å². The van der Waals surface area contributed by atoms with Crippen LogP contribution in [0.5, 0.6) is 0 Å². The quantitative estimate of drug-likeness (QED) is 0.369. The molecule has 4 aromatic carbocycles. The summed E-state index contributed by atoms with van der Waals surface area (Å²) in [6.07, 6.45) is 0. The van der Waals surface area contributed by atoms with Crippen molar-refractivity contribution in [3.63, 3.8) is 0 Å². The molecule has 5 rings (SSSR count). The Bertz CT molecular complexity index is 1180. The van der Waals surface area contributed by atoms with Crippen LogP contribution in [0.25, 0.3) is 0 Å². The fourth-order valence-electron chi connectivity index (χ4n) is 3.97. The number of para-hydroxylation sites is 2. The smallest absolute Gasteiger partial charge is 0.0821 e. The maximum Gasteiger partial charge on any atom is 0.0821 e. The average molecular weight is 417 g/mol. The van der Waals surface area contributed by atoms with Gasteiger partial charge in [0.25, 0.3) is 0 Å². The first-order valence-corrected chi connectivity index (χ1v) is 10.7. The van der Waals surface area contributed by atoms with E-state index in [0.29, 0.717) is 0 Å². The van der Waals surface area contributed by atoms with Crippen LogP contribution in [-0.4, -0.2) is 11.4 Å². The van der Waals surface area contributed by atoms with Crippen molar-refractivity contribution in [1.82, 2.24) is 0 Å².